The molecule has 0 unspecified atom stereocenters. The summed E-state index contributed by atoms with van der Waals surface area (Å²) in [6, 6.07) is 14.1. The first-order chi connectivity index (χ1) is 23.9. The van der Waals surface area contributed by atoms with Crippen LogP contribution in [0.2, 0.25) is 0 Å². The maximum Gasteiger partial charge on any atom is 0.403 e. The molecule has 3 aromatic carbocycles. The Kier molecular flexibility index (Phi) is 11.2. The molecule has 15 heteroatoms. The van der Waals surface area contributed by atoms with Crippen LogP contribution in [0.1, 0.15) is 36.8 Å². The molecular weight excluding hydrogens is 690 g/mol. The number of nitrogens with one attached hydrogen (secondary N) is 1. The molecule has 51 heavy (non-hydrogen) atoms. The molecular formula is C36H39F8N3O4. The summed E-state index contributed by atoms with van der Waals surface area (Å²) in [6.07, 6.45) is -11.9. The molecule has 3 aromatic rings. The van der Waals surface area contributed by atoms with Gasteiger partial charge in [-0.1, -0.05) is 48.5 Å². The van der Waals surface area contributed by atoms with E-state index in [1.807, 2.05) is 23.1 Å². The zero-order valence-corrected chi connectivity index (χ0v) is 27.8. The Balaban J connectivity index is 1.41. The first-order valence-electron chi connectivity index (χ1n) is 16.6. The van der Waals surface area contributed by atoms with Gasteiger partial charge in [0.05, 0.1) is 13.7 Å². The lowest BCUT2D eigenvalue weighted by Gasteiger charge is -2.42. The highest BCUT2D eigenvalue weighted by atomic mass is 19.4. The highest BCUT2D eigenvalue weighted by molar-refractivity contribution is 6.00. The Labute approximate surface area is 289 Å². The van der Waals surface area contributed by atoms with Crippen molar-refractivity contribution < 1.29 is 54.6 Å². The Morgan fingerprint density at radius 2 is 1.43 bits per heavy atom. The molecule has 7 nitrogen and oxygen atoms in total. The van der Waals surface area contributed by atoms with E-state index in [1.165, 1.54) is 7.11 Å². The van der Waals surface area contributed by atoms with Crippen LogP contribution in [-0.4, -0.2) is 97.5 Å². The highest BCUT2D eigenvalue weighted by Gasteiger charge is 2.61. The average molecular weight is 730 g/mol. The van der Waals surface area contributed by atoms with Gasteiger partial charge in [0, 0.05) is 44.5 Å². The number of fused-ring (bicyclic) bond motifs is 1. The van der Waals surface area contributed by atoms with Crippen molar-refractivity contribution in [3.63, 3.8) is 0 Å². The molecule has 2 heterocycles. The second kappa shape index (κ2) is 14.9. The van der Waals surface area contributed by atoms with E-state index >= 15 is 0 Å². The number of amides is 1. The van der Waals surface area contributed by atoms with E-state index in [9.17, 15) is 49.8 Å². The minimum Gasteiger partial charge on any atom is -0.496 e. The number of halogens is 8. The zero-order valence-electron chi connectivity index (χ0n) is 27.8. The lowest BCUT2D eigenvalue weighted by molar-refractivity contribution is -0.236. The van der Waals surface area contributed by atoms with Gasteiger partial charge in [0.15, 0.2) is 0 Å². The number of carboxylic acid groups (broad SMARTS) is 1. The SMILES string of the molecule is COc1cccc(CCN2CCC(F)(F)CC2)c1-c1cccc2c(C[C@H](NC(=O)C3(C(F)(F)F)CCN(CC(F)(F)F)CC3)C(=O)O)cccc12. The summed E-state index contributed by atoms with van der Waals surface area (Å²) in [5.41, 5.74) is -0.265. The van der Waals surface area contributed by atoms with E-state index in [0.29, 0.717) is 35.1 Å². The van der Waals surface area contributed by atoms with Crippen LogP contribution >= 0.6 is 0 Å². The number of hydrogen-bond donors (Lipinski definition) is 2. The number of nitrogens with zero attached hydrogens (tertiary/aromatic N) is 2. The van der Waals surface area contributed by atoms with Gasteiger partial charge in [-0.15, -0.1) is 0 Å². The van der Waals surface area contributed by atoms with Gasteiger partial charge in [0.1, 0.15) is 17.2 Å². The van der Waals surface area contributed by atoms with E-state index in [-0.39, 0.29) is 32.4 Å². The second-order valence-corrected chi connectivity index (χ2v) is 13.3. The summed E-state index contributed by atoms with van der Waals surface area (Å²) >= 11 is 0. The maximum absolute atomic E-state index is 14.4. The van der Waals surface area contributed by atoms with Crippen molar-refractivity contribution in [1.29, 1.82) is 0 Å². The highest BCUT2D eigenvalue weighted by Crippen LogP contribution is 2.47. The second-order valence-electron chi connectivity index (χ2n) is 13.3. The molecule has 2 N–H and O–H groups in total. The van der Waals surface area contributed by atoms with Gasteiger partial charge in [0.25, 0.3) is 5.92 Å². The van der Waals surface area contributed by atoms with Crippen molar-refractivity contribution in [2.75, 3.05) is 46.4 Å². The van der Waals surface area contributed by atoms with Crippen molar-refractivity contribution in [1.82, 2.24) is 15.1 Å². The summed E-state index contributed by atoms with van der Waals surface area (Å²) in [5, 5.41) is 13.4. The molecule has 2 saturated heterocycles. The number of ether oxygens (including phenoxy) is 1. The molecule has 0 radical (unpaired) electrons. The van der Waals surface area contributed by atoms with Gasteiger partial charge in [-0.3, -0.25) is 9.69 Å². The van der Waals surface area contributed by atoms with Crippen LogP contribution in [0.4, 0.5) is 35.1 Å². The molecule has 1 amide bonds. The van der Waals surface area contributed by atoms with Crippen LogP contribution in [0.25, 0.3) is 21.9 Å². The van der Waals surface area contributed by atoms with Gasteiger partial charge in [-0.25, -0.2) is 13.6 Å². The van der Waals surface area contributed by atoms with E-state index < -0.39 is 74.1 Å². The molecule has 0 aromatic heterocycles. The minimum absolute atomic E-state index is 0.209. The summed E-state index contributed by atoms with van der Waals surface area (Å²) in [7, 11) is 1.51. The van der Waals surface area contributed by atoms with Gasteiger partial charge >= 0.3 is 18.3 Å². The molecule has 0 spiro atoms. The molecule has 2 fully saturated rings. The Morgan fingerprint density at radius 3 is 2.04 bits per heavy atom. The third-order valence-corrected chi connectivity index (χ3v) is 10.0. The number of alkyl halides is 8. The first kappa shape index (κ1) is 38.3. The van der Waals surface area contributed by atoms with Gasteiger partial charge < -0.3 is 20.1 Å². The topological polar surface area (TPSA) is 82.1 Å². The fraction of sp³-hybridized carbons (Fsp3) is 0.500. The first-order valence-corrected chi connectivity index (χ1v) is 16.6. The standard InChI is InChI=1S/C36H39F8N3O4/c1-51-29-10-3-5-23(11-16-46-19-14-34(37,38)15-20-46)30(29)27-9-4-7-25-24(6-2-8-26(25)27)21-28(31(48)49)45-32(50)33(36(42,43)44)12-17-47(18-13-33)22-35(39,40)41/h2-10,28H,11-22H2,1H3,(H,45,50)(H,48,49)/t28-/m0/s1. The number of carbonyl (C=O) groups excluding carboxylic acids is 1. The molecule has 0 bridgehead atoms. The molecule has 1 atom stereocenters. The fourth-order valence-corrected chi connectivity index (χ4v) is 7.12. The molecule has 0 aliphatic carbocycles. The van der Waals surface area contributed by atoms with E-state index in [1.54, 1.807) is 36.4 Å². The van der Waals surface area contributed by atoms with Crippen LogP contribution < -0.4 is 10.1 Å². The van der Waals surface area contributed by atoms with Crippen molar-refractivity contribution in [2.45, 2.75) is 62.8 Å². The van der Waals surface area contributed by atoms with Crippen LogP contribution in [0, 0.1) is 5.41 Å². The van der Waals surface area contributed by atoms with E-state index in [2.05, 4.69) is 5.32 Å². The monoisotopic (exact) mass is 729 g/mol. The predicted octanol–water partition coefficient (Wildman–Crippen LogP) is 7.11. The molecule has 278 valence electrons. The van der Waals surface area contributed by atoms with Crippen LogP contribution in [0.5, 0.6) is 5.75 Å². The Bertz CT molecular complexity index is 1710. The van der Waals surface area contributed by atoms with Crippen LogP contribution in [0.3, 0.4) is 0 Å². The normalized spacial score (nSPS) is 19.1. The molecule has 5 rings (SSSR count). The Hall–Kier alpha value is -3.98. The predicted molar refractivity (Wildman–Crippen MR) is 174 cm³/mol. The van der Waals surface area contributed by atoms with Crippen LogP contribution in [-0.2, 0) is 22.4 Å². The lowest BCUT2D eigenvalue weighted by atomic mass is 9.76. The summed E-state index contributed by atoms with van der Waals surface area (Å²) < 4.78 is 115. The van der Waals surface area contributed by atoms with Crippen molar-refractivity contribution in [3.05, 3.63) is 65.7 Å². The number of rotatable bonds is 11. The number of carboxylic acids is 1. The number of carbonyl (C=O) groups is 2. The summed E-state index contributed by atoms with van der Waals surface area (Å²) in [5.74, 6) is -5.29. The summed E-state index contributed by atoms with van der Waals surface area (Å²) in [6.45, 7) is -1.63. The third-order valence-electron chi connectivity index (χ3n) is 10.0. The molecule has 2 aliphatic rings. The number of likely N-dealkylation sites (tertiary alicyclic amines) is 2. The number of hydrogen-bond acceptors (Lipinski definition) is 5. The van der Waals surface area contributed by atoms with E-state index in [4.69, 9.17) is 4.74 Å². The van der Waals surface area contributed by atoms with E-state index in [0.717, 1.165) is 21.6 Å². The smallest absolute Gasteiger partial charge is 0.403 e. The summed E-state index contributed by atoms with van der Waals surface area (Å²) in [4.78, 5) is 28.5. The van der Waals surface area contributed by atoms with Crippen LogP contribution in [0.15, 0.2) is 54.6 Å². The third kappa shape index (κ3) is 8.74. The lowest BCUT2D eigenvalue weighted by Crippen LogP contribution is -2.59. The zero-order chi connectivity index (χ0) is 37.2. The number of benzene rings is 3. The number of methoxy groups -OCH3 is 1. The van der Waals surface area contributed by atoms with Crippen molar-refractivity contribution >= 4 is 22.6 Å². The quantitative estimate of drug-likeness (QED) is 0.205. The van der Waals surface area contributed by atoms with Crippen molar-refractivity contribution in [2.24, 2.45) is 5.41 Å². The average Bonchev–Trinajstić information content (AvgIpc) is 3.06. The number of aliphatic carboxylic acids is 1. The van der Waals surface area contributed by atoms with Gasteiger partial charge in [-0.2, -0.15) is 26.3 Å². The van der Waals surface area contributed by atoms with Gasteiger partial charge in [-0.05, 0) is 65.9 Å². The molecule has 0 saturated carbocycles. The maximum atomic E-state index is 14.4. The largest absolute Gasteiger partial charge is 0.496 e. The molecule has 2 aliphatic heterocycles. The Morgan fingerprint density at radius 1 is 0.843 bits per heavy atom. The van der Waals surface area contributed by atoms with Gasteiger partial charge in [0.2, 0.25) is 5.91 Å². The minimum atomic E-state index is -5.13. The fourth-order valence-electron chi connectivity index (χ4n) is 7.12. The number of piperidine rings is 2. The van der Waals surface area contributed by atoms with Crippen molar-refractivity contribution in [3.8, 4) is 16.9 Å².